The molecule has 0 atom stereocenters. The molecule has 0 radical (unpaired) electrons. The molecule has 3 aromatic carbocycles. The molecular weight excluding hydrogens is 482 g/mol. The van der Waals surface area contributed by atoms with Crippen LogP contribution in [0.2, 0.25) is 5.02 Å². The van der Waals surface area contributed by atoms with Crippen LogP contribution in [0.5, 0.6) is 5.75 Å². The molecule has 1 heterocycles. The standard InChI is InChI=1S/C29H29ClF2N2O2/c1-34(19-22-6-2-3-7-26(22)30)29(35)25-18-33-15-14-24(25)21-10-8-20(9-11-21)5-4-16-36-28-17-23(31)12-13-27(28)32/h2-3,6-13,17,33H,4-5,14-16,18-19H2,1H3. The first-order valence-corrected chi connectivity index (χ1v) is 12.4. The lowest BCUT2D eigenvalue weighted by molar-refractivity contribution is -0.126. The van der Waals surface area contributed by atoms with Gasteiger partial charge in [-0.15, -0.1) is 0 Å². The van der Waals surface area contributed by atoms with E-state index in [9.17, 15) is 13.6 Å². The number of amides is 1. The van der Waals surface area contributed by atoms with Crippen molar-refractivity contribution >= 4 is 23.1 Å². The summed E-state index contributed by atoms with van der Waals surface area (Å²) in [6, 6.07) is 18.9. The van der Waals surface area contributed by atoms with E-state index in [-0.39, 0.29) is 18.3 Å². The smallest absolute Gasteiger partial charge is 0.251 e. The number of ether oxygens (including phenoxy) is 1. The van der Waals surface area contributed by atoms with Gasteiger partial charge in [-0.2, -0.15) is 0 Å². The maximum absolute atomic E-state index is 13.7. The third-order valence-electron chi connectivity index (χ3n) is 6.25. The van der Waals surface area contributed by atoms with E-state index in [0.29, 0.717) is 24.5 Å². The topological polar surface area (TPSA) is 41.6 Å². The van der Waals surface area contributed by atoms with Crippen LogP contribution in [0.25, 0.3) is 5.57 Å². The molecule has 0 spiro atoms. The predicted molar refractivity (Wildman–Crippen MR) is 139 cm³/mol. The molecule has 4 nitrogen and oxygen atoms in total. The Bertz CT molecular complexity index is 1240. The van der Waals surface area contributed by atoms with Gasteiger partial charge in [0.2, 0.25) is 0 Å². The van der Waals surface area contributed by atoms with E-state index in [0.717, 1.165) is 65.4 Å². The Hall–Kier alpha value is -3.22. The van der Waals surface area contributed by atoms with Gasteiger partial charge < -0.3 is 15.0 Å². The van der Waals surface area contributed by atoms with Crippen molar-refractivity contribution in [1.29, 1.82) is 0 Å². The van der Waals surface area contributed by atoms with Crippen LogP contribution in [-0.4, -0.2) is 37.6 Å². The number of halogens is 3. The van der Waals surface area contributed by atoms with Gasteiger partial charge in [-0.1, -0.05) is 54.1 Å². The van der Waals surface area contributed by atoms with Gasteiger partial charge in [0, 0.05) is 36.8 Å². The minimum absolute atomic E-state index is 0.0112. The fraction of sp³-hybridized carbons (Fsp3) is 0.276. The van der Waals surface area contributed by atoms with Crippen molar-refractivity contribution < 1.29 is 18.3 Å². The molecule has 0 saturated carbocycles. The summed E-state index contributed by atoms with van der Waals surface area (Å²) in [6.45, 7) is 2.07. The number of aryl methyl sites for hydroxylation is 1. The zero-order valence-electron chi connectivity index (χ0n) is 20.2. The first-order chi connectivity index (χ1) is 17.4. The molecule has 0 aromatic heterocycles. The second-order valence-corrected chi connectivity index (χ2v) is 9.27. The summed E-state index contributed by atoms with van der Waals surface area (Å²) >= 11 is 6.29. The van der Waals surface area contributed by atoms with Crippen LogP contribution < -0.4 is 10.1 Å². The molecule has 3 aromatic rings. The number of nitrogens with one attached hydrogen (secondary N) is 1. The van der Waals surface area contributed by atoms with Crippen LogP contribution in [-0.2, 0) is 17.8 Å². The maximum atomic E-state index is 13.7. The van der Waals surface area contributed by atoms with Crippen molar-refractivity contribution in [3.05, 3.63) is 106 Å². The number of rotatable bonds is 9. The van der Waals surface area contributed by atoms with Crippen LogP contribution in [0.1, 0.15) is 29.5 Å². The molecule has 0 bridgehead atoms. The highest BCUT2D eigenvalue weighted by molar-refractivity contribution is 6.31. The van der Waals surface area contributed by atoms with Crippen LogP contribution in [0.15, 0.2) is 72.3 Å². The molecule has 0 fully saturated rings. The van der Waals surface area contributed by atoms with E-state index in [1.165, 1.54) is 0 Å². The Morgan fingerprint density at radius 2 is 1.86 bits per heavy atom. The average Bonchev–Trinajstić information content (AvgIpc) is 2.89. The zero-order valence-corrected chi connectivity index (χ0v) is 21.0. The van der Waals surface area contributed by atoms with Crippen molar-refractivity contribution in [3.8, 4) is 5.75 Å². The monoisotopic (exact) mass is 510 g/mol. The normalized spacial score (nSPS) is 13.6. The molecule has 188 valence electrons. The molecule has 36 heavy (non-hydrogen) atoms. The van der Waals surface area contributed by atoms with Gasteiger partial charge in [0.15, 0.2) is 11.6 Å². The average molecular weight is 511 g/mol. The Kier molecular flexibility index (Phi) is 8.73. The number of carbonyl (C=O) groups is 1. The van der Waals surface area contributed by atoms with Crippen molar-refractivity contribution in [1.82, 2.24) is 10.2 Å². The summed E-state index contributed by atoms with van der Waals surface area (Å²) < 4.78 is 32.3. The molecule has 0 aliphatic carbocycles. The van der Waals surface area contributed by atoms with E-state index < -0.39 is 11.6 Å². The highest BCUT2D eigenvalue weighted by Gasteiger charge is 2.23. The fourth-order valence-corrected chi connectivity index (χ4v) is 4.51. The number of carbonyl (C=O) groups excluding carboxylic acids is 1. The summed E-state index contributed by atoms with van der Waals surface area (Å²) in [5, 5.41) is 3.97. The van der Waals surface area contributed by atoms with E-state index in [2.05, 4.69) is 5.32 Å². The second kappa shape index (κ2) is 12.2. The van der Waals surface area contributed by atoms with Crippen molar-refractivity contribution in [2.24, 2.45) is 0 Å². The summed E-state index contributed by atoms with van der Waals surface area (Å²) in [7, 11) is 1.80. The van der Waals surface area contributed by atoms with Crippen LogP contribution in [0, 0.1) is 11.6 Å². The number of likely N-dealkylation sites (N-methyl/N-ethyl adjacent to an activating group) is 1. The summed E-state index contributed by atoms with van der Waals surface area (Å²) in [6.07, 6.45) is 2.18. The molecule has 1 aliphatic heterocycles. The predicted octanol–water partition coefficient (Wildman–Crippen LogP) is 6.04. The van der Waals surface area contributed by atoms with E-state index in [4.69, 9.17) is 16.3 Å². The lowest BCUT2D eigenvalue weighted by Gasteiger charge is -2.26. The van der Waals surface area contributed by atoms with Gasteiger partial charge in [-0.3, -0.25) is 4.79 Å². The van der Waals surface area contributed by atoms with Crippen LogP contribution in [0.3, 0.4) is 0 Å². The molecule has 0 saturated heterocycles. The summed E-state index contributed by atoms with van der Waals surface area (Å²) in [5.74, 6) is -1.18. The van der Waals surface area contributed by atoms with Gasteiger partial charge in [0.25, 0.3) is 5.91 Å². The summed E-state index contributed by atoms with van der Waals surface area (Å²) in [5.41, 5.74) is 4.89. The molecule has 7 heteroatoms. The first-order valence-electron chi connectivity index (χ1n) is 12.0. The minimum Gasteiger partial charge on any atom is -0.490 e. The minimum atomic E-state index is -0.570. The van der Waals surface area contributed by atoms with Crippen molar-refractivity contribution in [2.45, 2.75) is 25.8 Å². The van der Waals surface area contributed by atoms with Gasteiger partial charge in [-0.05, 0) is 66.3 Å². The van der Waals surface area contributed by atoms with Gasteiger partial charge in [0.05, 0.1) is 6.61 Å². The lowest BCUT2D eigenvalue weighted by Crippen LogP contribution is -2.35. The highest BCUT2D eigenvalue weighted by atomic mass is 35.5. The molecule has 4 rings (SSSR count). The largest absolute Gasteiger partial charge is 0.490 e. The molecule has 0 unspecified atom stereocenters. The Balaban J connectivity index is 1.39. The highest BCUT2D eigenvalue weighted by Crippen LogP contribution is 2.27. The third-order valence-corrected chi connectivity index (χ3v) is 6.62. The zero-order chi connectivity index (χ0) is 25.5. The number of hydrogen-bond donors (Lipinski definition) is 1. The second-order valence-electron chi connectivity index (χ2n) is 8.86. The van der Waals surface area contributed by atoms with Gasteiger partial charge in [-0.25, -0.2) is 8.78 Å². The van der Waals surface area contributed by atoms with Gasteiger partial charge >= 0.3 is 0 Å². The van der Waals surface area contributed by atoms with Crippen molar-refractivity contribution in [3.63, 3.8) is 0 Å². The van der Waals surface area contributed by atoms with Gasteiger partial charge in [0.1, 0.15) is 5.82 Å². The SMILES string of the molecule is CN(Cc1ccccc1Cl)C(=O)C1=C(c2ccc(CCCOc3cc(F)ccc3F)cc2)CCNC1. The summed E-state index contributed by atoms with van der Waals surface area (Å²) in [4.78, 5) is 15.0. The molecule has 1 amide bonds. The quantitative estimate of drug-likeness (QED) is 0.357. The Morgan fingerprint density at radius 1 is 1.08 bits per heavy atom. The number of nitrogens with zero attached hydrogens (tertiary/aromatic N) is 1. The van der Waals surface area contributed by atoms with E-state index in [1.54, 1.807) is 11.9 Å². The molecule has 1 N–H and O–H groups in total. The lowest BCUT2D eigenvalue weighted by atomic mass is 9.92. The number of hydrogen-bond acceptors (Lipinski definition) is 3. The fourth-order valence-electron chi connectivity index (χ4n) is 4.31. The van der Waals surface area contributed by atoms with E-state index >= 15 is 0 Å². The Labute approximate surface area is 215 Å². The molecule has 1 aliphatic rings. The molecular formula is C29H29ClF2N2O2. The van der Waals surface area contributed by atoms with E-state index in [1.807, 2.05) is 48.5 Å². The van der Waals surface area contributed by atoms with Crippen LogP contribution >= 0.6 is 11.6 Å². The maximum Gasteiger partial charge on any atom is 0.251 e. The number of benzene rings is 3. The van der Waals surface area contributed by atoms with Crippen LogP contribution in [0.4, 0.5) is 8.78 Å². The van der Waals surface area contributed by atoms with Crippen molar-refractivity contribution in [2.75, 3.05) is 26.7 Å². The Morgan fingerprint density at radius 3 is 2.64 bits per heavy atom. The first kappa shape index (κ1) is 25.9. The third kappa shape index (κ3) is 6.50.